The quantitative estimate of drug-likeness (QED) is 0.853. The van der Waals surface area contributed by atoms with E-state index in [2.05, 4.69) is 17.0 Å². The van der Waals surface area contributed by atoms with Crippen molar-refractivity contribution in [2.45, 2.75) is 32.5 Å². The van der Waals surface area contributed by atoms with Crippen LogP contribution in [0.15, 0.2) is 30.3 Å². The van der Waals surface area contributed by atoms with Gasteiger partial charge in [0.15, 0.2) is 0 Å². The van der Waals surface area contributed by atoms with E-state index in [-0.39, 0.29) is 18.5 Å². The van der Waals surface area contributed by atoms with Crippen LogP contribution in [0.25, 0.3) is 0 Å². The fraction of sp³-hybridized carbons (Fsp3) is 0.529. The predicted molar refractivity (Wildman–Crippen MR) is 85.9 cm³/mol. The third kappa shape index (κ3) is 5.04. The SMILES string of the molecule is CC(C)N(CC(=O)O)C(=O)C1CN(Cc2ccccc2)CCO1. The Morgan fingerprint density at radius 3 is 2.65 bits per heavy atom. The minimum absolute atomic E-state index is 0.174. The van der Waals surface area contributed by atoms with E-state index in [4.69, 9.17) is 9.84 Å². The van der Waals surface area contributed by atoms with Gasteiger partial charge in [-0.25, -0.2) is 0 Å². The highest BCUT2D eigenvalue weighted by molar-refractivity contribution is 5.85. The highest BCUT2D eigenvalue weighted by Gasteiger charge is 2.32. The molecule has 1 N–H and O–H groups in total. The van der Waals surface area contributed by atoms with E-state index in [1.165, 1.54) is 10.5 Å². The molecule has 6 nitrogen and oxygen atoms in total. The molecule has 1 heterocycles. The Balaban J connectivity index is 1.99. The van der Waals surface area contributed by atoms with Crippen molar-refractivity contribution in [2.24, 2.45) is 0 Å². The van der Waals surface area contributed by atoms with Crippen molar-refractivity contribution in [3.05, 3.63) is 35.9 Å². The zero-order valence-electron chi connectivity index (χ0n) is 13.6. The van der Waals surface area contributed by atoms with Crippen LogP contribution in [-0.4, -0.2) is 65.2 Å². The molecule has 0 saturated carbocycles. The monoisotopic (exact) mass is 320 g/mol. The summed E-state index contributed by atoms with van der Waals surface area (Å²) in [5, 5.41) is 8.98. The van der Waals surface area contributed by atoms with Crippen LogP contribution in [0.4, 0.5) is 0 Å². The second-order valence-electron chi connectivity index (χ2n) is 6.03. The van der Waals surface area contributed by atoms with Gasteiger partial charge in [-0.3, -0.25) is 14.5 Å². The molecular weight excluding hydrogens is 296 g/mol. The molecule has 23 heavy (non-hydrogen) atoms. The van der Waals surface area contributed by atoms with Crippen LogP contribution in [0.5, 0.6) is 0 Å². The summed E-state index contributed by atoms with van der Waals surface area (Å²) in [6, 6.07) is 9.89. The molecule has 0 radical (unpaired) electrons. The van der Waals surface area contributed by atoms with Crippen molar-refractivity contribution in [3.63, 3.8) is 0 Å². The number of aliphatic carboxylic acids is 1. The van der Waals surface area contributed by atoms with Crippen molar-refractivity contribution >= 4 is 11.9 Å². The van der Waals surface area contributed by atoms with Gasteiger partial charge in [-0.15, -0.1) is 0 Å². The average Bonchev–Trinajstić information content (AvgIpc) is 2.53. The third-order valence-electron chi connectivity index (χ3n) is 3.89. The molecule has 1 aliphatic rings. The summed E-state index contributed by atoms with van der Waals surface area (Å²) in [5.41, 5.74) is 1.19. The van der Waals surface area contributed by atoms with Crippen molar-refractivity contribution in [3.8, 4) is 0 Å². The zero-order chi connectivity index (χ0) is 16.8. The number of carbonyl (C=O) groups is 2. The molecule has 6 heteroatoms. The molecule has 1 saturated heterocycles. The topological polar surface area (TPSA) is 70.1 Å². The van der Waals surface area contributed by atoms with Gasteiger partial charge in [0.1, 0.15) is 12.6 Å². The summed E-state index contributed by atoms with van der Waals surface area (Å²) in [6.45, 7) is 5.80. The van der Waals surface area contributed by atoms with Crippen LogP contribution in [0.2, 0.25) is 0 Å². The highest BCUT2D eigenvalue weighted by atomic mass is 16.5. The first-order chi connectivity index (χ1) is 11.0. The van der Waals surface area contributed by atoms with E-state index < -0.39 is 12.1 Å². The standard InChI is InChI=1S/C17H24N2O4/c1-13(2)19(12-16(20)21)17(22)15-11-18(8-9-23-15)10-14-6-4-3-5-7-14/h3-7,13,15H,8-12H2,1-2H3,(H,20,21). The molecule has 1 atom stereocenters. The van der Waals surface area contributed by atoms with Gasteiger partial charge in [0.2, 0.25) is 0 Å². The zero-order valence-corrected chi connectivity index (χ0v) is 13.6. The molecule has 1 fully saturated rings. The molecule has 1 aliphatic heterocycles. The van der Waals surface area contributed by atoms with Gasteiger partial charge in [-0.1, -0.05) is 30.3 Å². The van der Waals surface area contributed by atoms with Crippen molar-refractivity contribution in [1.82, 2.24) is 9.80 Å². The molecule has 0 aromatic heterocycles. The number of carboxylic acid groups (broad SMARTS) is 1. The van der Waals surface area contributed by atoms with Crippen LogP contribution >= 0.6 is 0 Å². The highest BCUT2D eigenvalue weighted by Crippen LogP contribution is 2.13. The van der Waals surface area contributed by atoms with Gasteiger partial charge >= 0.3 is 5.97 Å². The van der Waals surface area contributed by atoms with E-state index in [0.717, 1.165) is 13.1 Å². The number of nitrogens with zero attached hydrogens (tertiary/aromatic N) is 2. The Labute approximate surface area is 136 Å². The van der Waals surface area contributed by atoms with Crippen LogP contribution < -0.4 is 0 Å². The smallest absolute Gasteiger partial charge is 0.323 e. The van der Waals surface area contributed by atoms with Gasteiger partial charge in [0.25, 0.3) is 5.91 Å². The van der Waals surface area contributed by atoms with Crippen LogP contribution in [0.1, 0.15) is 19.4 Å². The Morgan fingerprint density at radius 2 is 2.04 bits per heavy atom. The van der Waals surface area contributed by atoms with Crippen molar-refractivity contribution < 1.29 is 19.4 Å². The van der Waals surface area contributed by atoms with E-state index in [1.54, 1.807) is 0 Å². The maximum atomic E-state index is 12.6. The average molecular weight is 320 g/mol. The summed E-state index contributed by atoms with van der Waals surface area (Å²) < 4.78 is 5.59. The fourth-order valence-corrected chi connectivity index (χ4v) is 2.68. The first kappa shape index (κ1) is 17.4. The fourth-order valence-electron chi connectivity index (χ4n) is 2.68. The van der Waals surface area contributed by atoms with Crippen LogP contribution in [0, 0.1) is 0 Å². The first-order valence-electron chi connectivity index (χ1n) is 7.87. The van der Waals surface area contributed by atoms with Crippen molar-refractivity contribution in [2.75, 3.05) is 26.2 Å². The lowest BCUT2D eigenvalue weighted by Gasteiger charge is -2.35. The molecule has 1 amide bonds. The number of ether oxygens (including phenoxy) is 1. The molecular formula is C17H24N2O4. The number of carbonyl (C=O) groups excluding carboxylic acids is 1. The summed E-state index contributed by atoms with van der Waals surface area (Å²) >= 11 is 0. The molecule has 0 spiro atoms. The summed E-state index contributed by atoms with van der Waals surface area (Å²) in [6.07, 6.45) is -0.603. The van der Waals surface area contributed by atoms with E-state index >= 15 is 0 Å². The third-order valence-corrected chi connectivity index (χ3v) is 3.89. The van der Waals surface area contributed by atoms with Gasteiger partial charge in [0, 0.05) is 25.7 Å². The second kappa shape index (κ2) is 8.08. The van der Waals surface area contributed by atoms with E-state index in [9.17, 15) is 9.59 Å². The number of amides is 1. The maximum Gasteiger partial charge on any atom is 0.323 e. The first-order valence-corrected chi connectivity index (χ1v) is 7.87. The van der Waals surface area contributed by atoms with E-state index in [0.29, 0.717) is 13.2 Å². The lowest BCUT2D eigenvalue weighted by atomic mass is 10.1. The van der Waals surface area contributed by atoms with Crippen LogP contribution in [0.3, 0.4) is 0 Å². The lowest BCUT2D eigenvalue weighted by molar-refractivity contribution is -0.156. The molecule has 0 bridgehead atoms. The van der Waals surface area contributed by atoms with Crippen LogP contribution in [-0.2, 0) is 20.9 Å². The molecule has 126 valence electrons. The molecule has 1 aromatic carbocycles. The van der Waals surface area contributed by atoms with Gasteiger partial charge in [0.05, 0.1) is 6.61 Å². The number of hydrogen-bond acceptors (Lipinski definition) is 4. The Bertz CT molecular complexity index is 533. The van der Waals surface area contributed by atoms with Crippen molar-refractivity contribution in [1.29, 1.82) is 0 Å². The molecule has 1 aromatic rings. The van der Waals surface area contributed by atoms with Gasteiger partial charge < -0.3 is 14.7 Å². The second-order valence-corrected chi connectivity index (χ2v) is 6.03. The number of hydrogen-bond donors (Lipinski definition) is 1. The lowest BCUT2D eigenvalue weighted by Crippen LogP contribution is -2.53. The molecule has 1 unspecified atom stereocenters. The minimum atomic E-state index is -1.01. The number of morpholine rings is 1. The van der Waals surface area contributed by atoms with Gasteiger partial charge in [-0.2, -0.15) is 0 Å². The Hall–Kier alpha value is -1.92. The largest absolute Gasteiger partial charge is 0.480 e. The maximum absolute atomic E-state index is 12.6. The molecule has 2 rings (SSSR count). The van der Waals surface area contributed by atoms with E-state index in [1.807, 2.05) is 32.0 Å². The number of benzene rings is 1. The Morgan fingerprint density at radius 1 is 1.35 bits per heavy atom. The predicted octanol–water partition coefficient (Wildman–Crippen LogP) is 1.21. The number of carboxylic acids is 1. The molecule has 0 aliphatic carbocycles. The summed E-state index contributed by atoms with van der Waals surface area (Å²) in [7, 11) is 0. The summed E-state index contributed by atoms with van der Waals surface area (Å²) in [4.78, 5) is 27.1. The Kier molecular flexibility index (Phi) is 6.12. The summed E-state index contributed by atoms with van der Waals surface area (Å²) in [5.74, 6) is -1.26. The minimum Gasteiger partial charge on any atom is -0.480 e. The number of rotatable bonds is 6. The van der Waals surface area contributed by atoms with Gasteiger partial charge in [-0.05, 0) is 19.4 Å². The normalized spacial score (nSPS) is 18.8.